The van der Waals surface area contributed by atoms with Crippen molar-refractivity contribution in [2.24, 2.45) is 11.8 Å². The lowest BCUT2D eigenvalue weighted by atomic mass is 10.1. The molecule has 0 N–H and O–H groups in total. The second-order valence-electron chi connectivity index (χ2n) is 6.24. The normalized spacial score (nSPS) is 24.8. The van der Waals surface area contributed by atoms with E-state index < -0.39 is 0 Å². The highest BCUT2D eigenvalue weighted by Gasteiger charge is 2.33. The number of ether oxygens (including phenoxy) is 1. The summed E-state index contributed by atoms with van der Waals surface area (Å²) >= 11 is 4.24. The van der Waals surface area contributed by atoms with Crippen molar-refractivity contribution in [3.8, 4) is 0 Å². The Balaban J connectivity index is 1.36. The van der Waals surface area contributed by atoms with Crippen LogP contribution in [0.4, 0.5) is 0 Å². The lowest BCUT2D eigenvalue weighted by Crippen LogP contribution is -2.03. The fraction of sp³-hybridized carbons (Fsp3) is 0.882. The molecule has 2 atom stereocenters. The Bertz CT molecular complexity index is 274. The van der Waals surface area contributed by atoms with Crippen molar-refractivity contribution in [3.05, 3.63) is 11.8 Å². The van der Waals surface area contributed by atoms with Crippen LogP contribution in [-0.2, 0) is 4.74 Å². The molecule has 1 nitrogen and oxygen atoms in total. The Kier molecular flexibility index (Phi) is 7.19. The summed E-state index contributed by atoms with van der Waals surface area (Å²) in [5, 5.41) is 0. The van der Waals surface area contributed by atoms with Crippen LogP contribution in [0, 0.1) is 11.8 Å². The van der Waals surface area contributed by atoms with Crippen LogP contribution in [-0.4, -0.2) is 12.4 Å². The van der Waals surface area contributed by atoms with Crippen LogP contribution in [0.5, 0.6) is 0 Å². The highest BCUT2D eigenvalue weighted by molar-refractivity contribution is 7.80. The minimum atomic E-state index is 0.789. The van der Waals surface area contributed by atoms with E-state index in [0.717, 1.165) is 24.2 Å². The number of allylic oxidation sites excluding steroid dienone is 2. The molecule has 2 bridgehead atoms. The lowest BCUT2D eigenvalue weighted by molar-refractivity contribution is 0.175. The van der Waals surface area contributed by atoms with Crippen LogP contribution in [0.1, 0.15) is 70.6 Å². The molecule has 0 heterocycles. The maximum atomic E-state index is 5.95. The van der Waals surface area contributed by atoms with Crippen molar-refractivity contribution < 1.29 is 4.74 Å². The molecule has 0 aromatic rings. The highest BCUT2D eigenvalue weighted by Crippen LogP contribution is 2.43. The van der Waals surface area contributed by atoms with Gasteiger partial charge in [-0.05, 0) is 49.9 Å². The van der Waals surface area contributed by atoms with Crippen LogP contribution in [0.3, 0.4) is 0 Å². The molecule has 2 aliphatic rings. The van der Waals surface area contributed by atoms with Gasteiger partial charge in [-0.25, -0.2) is 0 Å². The zero-order chi connectivity index (χ0) is 13.3. The van der Waals surface area contributed by atoms with Gasteiger partial charge in [0.15, 0.2) is 0 Å². The predicted octanol–water partition coefficient (Wildman–Crippen LogP) is 5.37. The first-order valence-electron chi connectivity index (χ1n) is 8.35. The average Bonchev–Trinajstić information content (AvgIpc) is 3.03. The molecule has 2 aliphatic carbocycles. The Morgan fingerprint density at radius 3 is 2.21 bits per heavy atom. The summed E-state index contributed by atoms with van der Waals surface area (Å²) in [4.78, 5) is 0. The van der Waals surface area contributed by atoms with Gasteiger partial charge in [-0.15, -0.1) is 0 Å². The van der Waals surface area contributed by atoms with E-state index in [1.165, 1.54) is 76.4 Å². The van der Waals surface area contributed by atoms with E-state index in [1.807, 2.05) is 0 Å². The van der Waals surface area contributed by atoms with Crippen LogP contribution in [0.15, 0.2) is 11.8 Å². The molecular formula is C17H30OS. The lowest BCUT2D eigenvalue weighted by Gasteiger charge is -2.14. The average molecular weight is 282 g/mol. The van der Waals surface area contributed by atoms with Gasteiger partial charge < -0.3 is 4.74 Å². The molecule has 110 valence electrons. The van der Waals surface area contributed by atoms with Crippen LogP contribution < -0.4 is 0 Å². The summed E-state index contributed by atoms with van der Waals surface area (Å²) in [6.45, 7) is 0.953. The van der Waals surface area contributed by atoms with E-state index in [0.29, 0.717) is 0 Å². The molecule has 2 heteroatoms. The standard InChI is InChI=1S/C17H30OS/c19-12-8-6-4-2-1-3-5-7-11-18-17-14-15-9-10-16(17)13-15/h14-16,19H,1-13H2. The first-order chi connectivity index (χ1) is 9.40. The molecule has 0 aliphatic heterocycles. The smallest absolute Gasteiger partial charge is 0.0953 e. The number of unbranched alkanes of at least 4 members (excludes halogenated alkanes) is 7. The molecule has 2 unspecified atom stereocenters. The molecule has 0 amide bonds. The van der Waals surface area contributed by atoms with Crippen molar-refractivity contribution in [2.45, 2.75) is 70.6 Å². The largest absolute Gasteiger partial charge is 0.498 e. The zero-order valence-corrected chi connectivity index (χ0v) is 13.2. The van der Waals surface area contributed by atoms with Crippen molar-refractivity contribution in [1.29, 1.82) is 0 Å². The highest BCUT2D eigenvalue weighted by atomic mass is 32.1. The second-order valence-corrected chi connectivity index (χ2v) is 6.69. The Morgan fingerprint density at radius 1 is 0.947 bits per heavy atom. The van der Waals surface area contributed by atoms with E-state index >= 15 is 0 Å². The third-order valence-corrected chi connectivity index (χ3v) is 4.91. The first-order valence-corrected chi connectivity index (χ1v) is 8.99. The molecule has 2 rings (SSSR count). The Morgan fingerprint density at radius 2 is 1.63 bits per heavy atom. The maximum Gasteiger partial charge on any atom is 0.0953 e. The summed E-state index contributed by atoms with van der Waals surface area (Å²) in [5.41, 5.74) is 0. The third-order valence-electron chi connectivity index (χ3n) is 4.60. The van der Waals surface area contributed by atoms with E-state index in [2.05, 4.69) is 18.7 Å². The zero-order valence-electron chi connectivity index (χ0n) is 12.3. The van der Waals surface area contributed by atoms with Crippen LogP contribution >= 0.6 is 12.6 Å². The maximum absolute atomic E-state index is 5.95. The predicted molar refractivity (Wildman–Crippen MR) is 85.7 cm³/mol. The summed E-state index contributed by atoms with van der Waals surface area (Å²) in [6.07, 6.45) is 17.4. The van der Waals surface area contributed by atoms with Gasteiger partial charge in [0, 0.05) is 5.92 Å². The summed E-state index contributed by atoms with van der Waals surface area (Å²) in [5.74, 6) is 4.03. The van der Waals surface area contributed by atoms with Gasteiger partial charge in [-0.2, -0.15) is 12.6 Å². The van der Waals surface area contributed by atoms with Gasteiger partial charge in [0.05, 0.1) is 12.4 Å². The summed E-state index contributed by atoms with van der Waals surface area (Å²) in [6, 6.07) is 0. The molecule has 1 saturated carbocycles. The molecular weight excluding hydrogens is 252 g/mol. The monoisotopic (exact) mass is 282 g/mol. The Labute approximate surface area is 124 Å². The molecule has 0 radical (unpaired) electrons. The van der Waals surface area contributed by atoms with Gasteiger partial charge in [-0.1, -0.05) is 38.5 Å². The van der Waals surface area contributed by atoms with Crippen molar-refractivity contribution in [1.82, 2.24) is 0 Å². The van der Waals surface area contributed by atoms with Crippen molar-refractivity contribution >= 4 is 12.6 Å². The van der Waals surface area contributed by atoms with Gasteiger partial charge in [0.2, 0.25) is 0 Å². The Hall–Kier alpha value is -0.110. The number of thiol groups is 1. The minimum absolute atomic E-state index is 0.789. The summed E-state index contributed by atoms with van der Waals surface area (Å²) in [7, 11) is 0. The van der Waals surface area contributed by atoms with E-state index in [-0.39, 0.29) is 0 Å². The topological polar surface area (TPSA) is 9.23 Å². The van der Waals surface area contributed by atoms with Gasteiger partial charge in [0.1, 0.15) is 0 Å². The van der Waals surface area contributed by atoms with Gasteiger partial charge >= 0.3 is 0 Å². The minimum Gasteiger partial charge on any atom is -0.498 e. The van der Waals surface area contributed by atoms with Crippen LogP contribution in [0.25, 0.3) is 0 Å². The summed E-state index contributed by atoms with van der Waals surface area (Å²) < 4.78 is 5.95. The molecule has 0 spiro atoms. The van der Waals surface area contributed by atoms with Crippen molar-refractivity contribution in [2.75, 3.05) is 12.4 Å². The third kappa shape index (κ3) is 5.41. The van der Waals surface area contributed by atoms with E-state index in [4.69, 9.17) is 4.74 Å². The molecule has 0 aromatic carbocycles. The van der Waals surface area contributed by atoms with Gasteiger partial charge in [0.25, 0.3) is 0 Å². The molecule has 0 saturated heterocycles. The first kappa shape index (κ1) is 15.3. The van der Waals surface area contributed by atoms with E-state index in [9.17, 15) is 0 Å². The SMILES string of the molecule is SCCCCCCCCCCOC1=CC2CCC1C2. The number of fused-ring (bicyclic) bond motifs is 2. The fourth-order valence-corrected chi connectivity index (χ4v) is 3.65. The molecule has 0 aromatic heterocycles. The van der Waals surface area contributed by atoms with E-state index in [1.54, 1.807) is 0 Å². The number of hydrogen-bond donors (Lipinski definition) is 1. The molecule has 19 heavy (non-hydrogen) atoms. The second kappa shape index (κ2) is 8.94. The molecule has 1 fully saturated rings. The van der Waals surface area contributed by atoms with Crippen LogP contribution in [0.2, 0.25) is 0 Å². The number of hydrogen-bond acceptors (Lipinski definition) is 2. The van der Waals surface area contributed by atoms with Crippen molar-refractivity contribution in [3.63, 3.8) is 0 Å². The quantitative estimate of drug-likeness (QED) is 0.396. The number of rotatable bonds is 11. The fourth-order valence-electron chi connectivity index (χ4n) is 3.43. The van der Waals surface area contributed by atoms with Gasteiger partial charge in [-0.3, -0.25) is 0 Å².